The third-order valence-corrected chi connectivity index (χ3v) is 4.40. The van der Waals surface area contributed by atoms with Crippen LogP contribution in [0.15, 0.2) is 47.6 Å². The number of nitrogens with zero attached hydrogens (tertiary/aromatic N) is 2. The van der Waals surface area contributed by atoms with Crippen LogP contribution < -0.4 is 15.4 Å². The molecular weight excluding hydrogens is 350 g/mol. The largest absolute Gasteiger partial charge is 0.383 e. The highest BCUT2D eigenvalue weighted by molar-refractivity contribution is 7.92. The zero-order valence-electron chi connectivity index (χ0n) is 12.9. The number of hydrogen-bond acceptors (Lipinski definition) is 6. The molecule has 1 aromatic carbocycles. The van der Waals surface area contributed by atoms with E-state index in [1.165, 1.54) is 24.5 Å². The van der Waals surface area contributed by atoms with Crippen LogP contribution in [0, 0.1) is 0 Å². The second-order valence-corrected chi connectivity index (χ2v) is 6.67. The van der Waals surface area contributed by atoms with Crippen molar-refractivity contribution in [2.75, 3.05) is 30.3 Å². The van der Waals surface area contributed by atoms with Gasteiger partial charge in [0.25, 0.3) is 10.0 Å². The van der Waals surface area contributed by atoms with Crippen LogP contribution in [0.1, 0.15) is 0 Å². The third kappa shape index (κ3) is 5.41. The highest BCUT2D eigenvalue weighted by Crippen LogP contribution is 2.16. The SMILES string of the molecule is COCCNC(=S)Nc1ccc(S(=O)(=O)Nc2ncccn2)cc1. The number of nitrogens with one attached hydrogen (secondary N) is 3. The lowest BCUT2D eigenvalue weighted by atomic mass is 10.3. The van der Waals surface area contributed by atoms with Crippen LogP contribution in [-0.4, -0.2) is 43.8 Å². The van der Waals surface area contributed by atoms with Crippen molar-refractivity contribution in [3.05, 3.63) is 42.7 Å². The summed E-state index contributed by atoms with van der Waals surface area (Å²) in [6.45, 7) is 1.11. The number of rotatable bonds is 7. The summed E-state index contributed by atoms with van der Waals surface area (Å²) in [5.41, 5.74) is 0.667. The predicted molar refractivity (Wildman–Crippen MR) is 95.4 cm³/mol. The summed E-state index contributed by atoms with van der Waals surface area (Å²) in [5.74, 6) is 0.0169. The molecule has 1 aromatic heterocycles. The molecular formula is C14H17N5O3S2. The first kappa shape index (κ1) is 18.0. The molecule has 2 aromatic rings. The summed E-state index contributed by atoms with van der Waals surface area (Å²) in [7, 11) is -2.14. The summed E-state index contributed by atoms with van der Waals surface area (Å²) in [5, 5.41) is 6.34. The summed E-state index contributed by atoms with van der Waals surface area (Å²) >= 11 is 5.12. The minimum absolute atomic E-state index is 0.0169. The van der Waals surface area contributed by atoms with Crippen LogP contribution in [0.25, 0.3) is 0 Å². The molecule has 0 aliphatic heterocycles. The molecule has 2 rings (SSSR count). The maximum Gasteiger partial charge on any atom is 0.264 e. The second-order valence-electron chi connectivity index (χ2n) is 4.58. The van der Waals surface area contributed by atoms with E-state index in [0.717, 1.165) is 0 Å². The summed E-state index contributed by atoms with van der Waals surface area (Å²) < 4.78 is 31.7. The smallest absolute Gasteiger partial charge is 0.264 e. The molecule has 3 N–H and O–H groups in total. The van der Waals surface area contributed by atoms with Gasteiger partial charge in [-0.05, 0) is 42.5 Å². The molecule has 0 radical (unpaired) electrons. The van der Waals surface area contributed by atoms with Crippen molar-refractivity contribution < 1.29 is 13.2 Å². The average molecular weight is 367 g/mol. The number of hydrogen-bond donors (Lipinski definition) is 3. The monoisotopic (exact) mass is 367 g/mol. The number of anilines is 2. The Hall–Kier alpha value is -2.30. The van der Waals surface area contributed by atoms with E-state index >= 15 is 0 Å². The highest BCUT2D eigenvalue weighted by atomic mass is 32.2. The minimum atomic E-state index is -3.74. The second kappa shape index (κ2) is 8.52. The van der Waals surface area contributed by atoms with Gasteiger partial charge in [0.15, 0.2) is 5.11 Å². The van der Waals surface area contributed by atoms with Crippen molar-refractivity contribution >= 4 is 39.0 Å². The van der Waals surface area contributed by atoms with E-state index in [0.29, 0.717) is 24.0 Å². The van der Waals surface area contributed by atoms with Crippen LogP contribution in [0.4, 0.5) is 11.6 Å². The summed E-state index contributed by atoms with van der Waals surface area (Å²) in [4.78, 5) is 7.76. The van der Waals surface area contributed by atoms with Crippen LogP contribution in [0.2, 0.25) is 0 Å². The van der Waals surface area contributed by atoms with E-state index in [4.69, 9.17) is 17.0 Å². The predicted octanol–water partition coefficient (Wildman–Crippen LogP) is 1.21. The Morgan fingerprint density at radius 3 is 2.50 bits per heavy atom. The van der Waals surface area contributed by atoms with Crippen LogP contribution in [0.3, 0.4) is 0 Å². The quantitative estimate of drug-likeness (QED) is 0.495. The molecule has 0 unspecified atom stereocenters. The summed E-state index contributed by atoms with van der Waals surface area (Å²) in [6, 6.07) is 7.76. The number of benzene rings is 1. The third-order valence-electron chi connectivity index (χ3n) is 2.81. The lowest BCUT2D eigenvalue weighted by molar-refractivity contribution is 0.204. The van der Waals surface area contributed by atoms with E-state index < -0.39 is 10.0 Å². The first-order valence-electron chi connectivity index (χ1n) is 6.95. The molecule has 0 fully saturated rings. The van der Waals surface area contributed by atoms with Crippen molar-refractivity contribution in [2.45, 2.75) is 4.90 Å². The van der Waals surface area contributed by atoms with Gasteiger partial charge in [-0.1, -0.05) is 0 Å². The first-order chi connectivity index (χ1) is 11.5. The molecule has 8 nitrogen and oxygen atoms in total. The molecule has 0 aliphatic carbocycles. The van der Waals surface area contributed by atoms with Gasteiger partial charge in [0.1, 0.15) is 0 Å². The molecule has 0 bridgehead atoms. The van der Waals surface area contributed by atoms with Crippen molar-refractivity contribution in [1.82, 2.24) is 15.3 Å². The topological polar surface area (TPSA) is 105 Å². The standard InChI is InChI=1S/C14H17N5O3S2/c1-22-10-9-17-14(23)18-11-3-5-12(6-4-11)24(20,21)19-13-15-7-2-8-16-13/h2-8H,9-10H2,1H3,(H,15,16,19)(H2,17,18,23). The zero-order chi connectivity index (χ0) is 17.4. The van der Waals surface area contributed by atoms with E-state index in [2.05, 4.69) is 25.3 Å². The molecule has 1 heterocycles. The molecule has 0 saturated heterocycles. The van der Waals surface area contributed by atoms with E-state index in [9.17, 15) is 8.42 Å². The fraction of sp³-hybridized carbons (Fsp3) is 0.214. The normalized spacial score (nSPS) is 10.9. The molecule has 0 saturated carbocycles. The average Bonchev–Trinajstić information content (AvgIpc) is 2.56. The van der Waals surface area contributed by atoms with Crippen molar-refractivity contribution in [3.63, 3.8) is 0 Å². The van der Waals surface area contributed by atoms with E-state index in [1.807, 2.05) is 0 Å². The maximum atomic E-state index is 12.2. The Labute approximate surface area is 145 Å². The number of sulfonamides is 1. The Morgan fingerprint density at radius 1 is 1.21 bits per heavy atom. The van der Waals surface area contributed by atoms with Gasteiger partial charge in [-0.25, -0.2) is 23.1 Å². The number of aromatic nitrogens is 2. The van der Waals surface area contributed by atoms with Crippen molar-refractivity contribution in [1.29, 1.82) is 0 Å². The molecule has 10 heteroatoms. The first-order valence-corrected chi connectivity index (χ1v) is 8.84. The minimum Gasteiger partial charge on any atom is -0.383 e. The molecule has 0 spiro atoms. The van der Waals surface area contributed by atoms with Gasteiger partial charge in [0, 0.05) is 31.7 Å². The Kier molecular flexibility index (Phi) is 6.41. The summed E-state index contributed by atoms with van der Waals surface area (Å²) in [6.07, 6.45) is 2.91. The van der Waals surface area contributed by atoms with Gasteiger partial charge >= 0.3 is 0 Å². The van der Waals surface area contributed by atoms with Gasteiger partial charge in [-0.2, -0.15) is 0 Å². The van der Waals surface area contributed by atoms with Crippen LogP contribution in [0.5, 0.6) is 0 Å². The molecule has 0 aliphatic rings. The van der Waals surface area contributed by atoms with E-state index in [-0.39, 0.29) is 10.8 Å². The van der Waals surface area contributed by atoms with Gasteiger partial charge in [-0.3, -0.25) is 0 Å². The Bertz CT molecular complexity index is 767. The molecule has 0 amide bonds. The Balaban J connectivity index is 1.99. The maximum absolute atomic E-state index is 12.2. The van der Waals surface area contributed by atoms with Crippen LogP contribution in [-0.2, 0) is 14.8 Å². The highest BCUT2D eigenvalue weighted by Gasteiger charge is 2.15. The zero-order valence-corrected chi connectivity index (χ0v) is 14.5. The van der Waals surface area contributed by atoms with Gasteiger partial charge in [0.2, 0.25) is 5.95 Å². The van der Waals surface area contributed by atoms with Gasteiger partial charge in [-0.15, -0.1) is 0 Å². The lowest BCUT2D eigenvalue weighted by Crippen LogP contribution is -2.31. The van der Waals surface area contributed by atoms with Crippen molar-refractivity contribution in [2.24, 2.45) is 0 Å². The molecule has 24 heavy (non-hydrogen) atoms. The fourth-order valence-electron chi connectivity index (χ4n) is 1.69. The fourth-order valence-corrected chi connectivity index (χ4v) is 2.87. The molecule has 128 valence electrons. The number of ether oxygens (including phenoxy) is 1. The van der Waals surface area contributed by atoms with Crippen molar-refractivity contribution in [3.8, 4) is 0 Å². The van der Waals surface area contributed by atoms with Gasteiger partial charge in [0.05, 0.1) is 11.5 Å². The lowest BCUT2D eigenvalue weighted by Gasteiger charge is -2.11. The van der Waals surface area contributed by atoms with E-state index in [1.54, 1.807) is 25.3 Å². The van der Waals surface area contributed by atoms with Gasteiger partial charge < -0.3 is 15.4 Å². The molecule has 0 atom stereocenters. The van der Waals surface area contributed by atoms with Crippen LogP contribution >= 0.6 is 12.2 Å². The number of thiocarbonyl (C=S) groups is 1. The Morgan fingerprint density at radius 2 is 1.88 bits per heavy atom. The number of methoxy groups -OCH3 is 1.